The van der Waals surface area contributed by atoms with Gasteiger partial charge >= 0.3 is 0 Å². The van der Waals surface area contributed by atoms with E-state index in [0.29, 0.717) is 12.5 Å². The first-order valence-corrected chi connectivity index (χ1v) is 8.79. The number of carbonyl (C=O) groups is 1. The third-order valence-corrected chi connectivity index (χ3v) is 4.30. The van der Waals surface area contributed by atoms with Crippen LogP contribution in [0.15, 0.2) is 36.4 Å². The number of carbonyl (C=O) groups excluding carboxylic acids is 1. The van der Waals surface area contributed by atoms with E-state index in [1.54, 1.807) is 4.90 Å². The van der Waals surface area contributed by atoms with Gasteiger partial charge in [0.05, 0.1) is 6.54 Å². The molecule has 0 aliphatic carbocycles. The highest BCUT2D eigenvalue weighted by atomic mass is 16.2. The van der Waals surface area contributed by atoms with Crippen molar-refractivity contribution in [3.05, 3.63) is 42.0 Å². The second-order valence-electron chi connectivity index (χ2n) is 6.89. The molecule has 1 aliphatic rings. The Bertz CT molecular complexity index is 491. The zero-order chi connectivity index (χ0) is 16.5. The maximum atomic E-state index is 11.9. The lowest BCUT2D eigenvalue weighted by atomic mass is 10.2. The van der Waals surface area contributed by atoms with Crippen LogP contribution in [-0.2, 0) is 4.79 Å². The minimum Gasteiger partial charge on any atom is -0.351 e. The van der Waals surface area contributed by atoms with E-state index in [9.17, 15) is 4.79 Å². The third kappa shape index (κ3) is 6.97. The summed E-state index contributed by atoms with van der Waals surface area (Å²) in [5.74, 6) is 0.716. The van der Waals surface area contributed by atoms with Crippen molar-refractivity contribution in [2.24, 2.45) is 5.92 Å². The van der Waals surface area contributed by atoms with Crippen LogP contribution in [0.25, 0.3) is 6.08 Å². The maximum Gasteiger partial charge on any atom is 0.275 e. The highest BCUT2D eigenvalue weighted by molar-refractivity contribution is 5.76. The first-order valence-electron chi connectivity index (χ1n) is 8.79. The largest absolute Gasteiger partial charge is 0.351 e. The first kappa shape index (κ1) is 17.7. The SMILES string of the molecule is CC(C)CNC(=O)C[NH+]1CC[NH+](C/C=C/c2ccccc2)CC1. The number of piperazine rings is 1. The molecule has 1 aliphatic heterocycles. The van der Waals surface area contributed by atoms with E-state index in [1.165, 1.54) is 10.5 Å². The highest BCUT2D eigenvalue weighted by Gasteiger charge is 2.23. The molecule has 23 heavy (non-hydrogen) atoms. The van der Waals surface area contributed by atoms with Crippen molar-refractivity contribution < 1.29 is 14.6 Å². The average molecular weight is 317 g/mol. The average Bonchev–Trinajstić information content (AvgIpc) is 2.56. The summed E-state index contributed by atoms with van der Waals surface area (Å²) in [5.41, 5.74) is 1.26. The highest BCUT2D eigenvalue weighted by Crippen LogP contribution is 1.99. The number of nitrogens with one attached hydrogen (secondary N) is 3. The van der Waals surface area contributed by atoms with Crippen LogP contribution in [0.2, 0.25) is 0 Å². The van der Waals surface area contributed by atoms with Gasteiger partial charge in [-0.2, -0.15) is 0 Å². The molecule has 0 bridgehead atoms. The van der Waals surface area contributed by atoms with Crippen molar-refractivity contribution >= 4 is 12.0 Å². The predicted molar refractivity (Wildman–Crippen MR) is 94.5 cm³/mol. The fourth-order valence-electron chi connectivity index (χ4n) is 2.87. The van der Waals surface area contributed by atoms with Gasteiger partial charge in [0.25, 0.3) is 5.91 Å². The quantitative estimate of drug-likeness (QED) is 0.609. The summed E-state index contributed by atoms with van der Waals surface area (Å²) >= 11 is 0. The van der Waals surface area contributed by atoms with Crippen LogP contribution in [0, 0.1) is 5.92 Å². The van der Waals surface area contributed by atoms with Gasteiger partial charge in [0.2, 0.25) is 0 Å². The Hall–Kier alpha value is -1.65. The lowest BCUT2D eigenvalue weighted by Gasteiger charge is -2.28. The predicted octanol–water partition coefficient (Wildman–Crippen LogP) is -0.745. The normalized spacial score (nSPS) is 21.7. The molecular weight excluding hydrogens is 286 g/mol. The fourth-order valence-corrected chi connectivity index (χ4v) is 2.87. The van der Waals surface area contributed by atoms with Gasteiger partial charge in [-0.25, -0.2) is 0 Å². The van der Waals surface area contributed by atoms with Gasteiger partial charge in [0.15, 0.2) is 6.54 Å². The van der Waals surface area contributed by atoms with E-state index >= 15 is 0 Å². The molecule has 1 fully saturated rings. The Labute approximate surface area is 140 Å². The van der Waals surface area contributed by atoms with E-state index in [2.05, 4.69) is 55.6 Å². The second kappa shape index (κ2) is 9.48. The Morgan fingerprint density at radius 3 is 2.43 bits per heavy atom. The van der Waals surface area contributed by atoms with Gasteiger partial charge in [-0.1, -0.05) is 50.3 Å². The molecule has 0 spiro atoms. The van der Waals surface area contributed by atoms with Crippen molar-refractivity contribution in [2.75, 3.05) is 45.8 Å². The molecular formula is C19H31N3O+2. The van der Waals surface area contributed by atoms with Gasteiger partial charge in [0, 0.05) is 6.54 Å². The summed E-state index contributed by atoms with van der Waals surface area (Å²) in [4.78, 5) is 14.9. The summed E-state index contributed by atoms with van der Waals surface area (Å²) in [7, 11) is 0. The zero-order valence-corrected chi connectivity index (χ0v) is 14.5. The molecule has 3 N–H and O–H groups in total. The fraction of sp³-hybridized carbons (Fsp3) is 0.526. The summed E-state index contributed by atoms with van der Waals surface area (Å²) in [5, 5.41) is 3.02. The molecule has 2 rings (SSSR count). The van der Waals surface area contributed by atoms with Crippen molar-refractivity contribution in [3.8, 4) is 0 Å². The molecule has 0 aromatic heterocycles. The third-order valence-electron chi connectivity index (χ3n) is 4.30. The number of quaternary nitrogens is 2. The van der Waals surface area contributed by atoms with Crippen LogP contribution in [0.3, 0.4) is 0 Å². The molecule has 0 radical (unpaired) electrons. The molecule has 1 saturated heterocycles. The minimum atomic E-state index is 0.195. The molecule has 0 unspecified atom stereocenters. The molecule has 1 aromatic carbocycles. The number of rotatable bonds is 7. The summed E-state index contributed by atoms with van der Waals surface area (Å²) in [6.07, 6.45) is 4.47. The van der Waals surface area contributed by atoms with Gasteiger partial charge in [0.1, 0.15) is 26.2 Å². The van der Waals surface area contributed by atoms with Gasteiger partial charge < -0.3 is 15.1 Å². The molecule has 1 aromatic rings. The van der Waals surface area contributed by atoms with Gasteiger partial charge in [-0.05, 0) is 17.6 Å². The van der Waals surface area contributed by atoms with Crippen molar-refractivity contribution in [1.29, 1.82) is 0 Å². The van der Waals surface area contributed by atoms with Crippen molar-refractivity contribution in [3.63, 3.8) is 0 Å². The van der Waals surface area contributed by atoms with E-state index in [-0.39, 0.29) is 5.91 Å². The monoisotopic (exact) mass is 317 g/mol. The summed E-state index contributed by atoms with van der Waals surface area (Å²) in [6.45, 7) is 11.2. The molecule has 126 valence electrons. The second-order valence-corrected chi connectivity index (χ2v) is 6.89. The van der Waals surface area contributed by atoms with E-state index in [4.69, 9.17) is 0 Å². The molecule has 4 heteroatoms. The topological polar surface area (TPSA) is 38.0 Å². The van der Waals surface area contributed by atoms with Crippen LogP contribution >= 0.6 is 0 Å². The number of hydrogen-bond acceptors (Lipinski definition) is 1. The van der Waals surface area contributed by atoms with E-state index in [1.807, 2.05) is 6.07 Å². The van der Waals surface area contributed by atoms with E-state index in [0.717, 1.165) is 39.3 Å². The Balaban J connectivity index is 1.64. The lowest BCUT2D eigenvalue weighted by Crippen LogP contribution is -3.28. The Kier molecular flexibility index (Phi) is 7.30. The zero-order valence-electron chi connectivity index (χ0n) is 14.5. The lowest BCUT2D eigenvalue weighted by molar-refractivity contribution is -1.01. The van der Waals surface area contributed by atoms with Crippen LogP contribution in [0.4, 0.5) is 0 Å². The molecule has 1 heterocycles. The first-order chi connectivity index (χ1) is 11.1. The van der Waals surface area contributed by atoms with Crippen LogP contribution < -0.4 is 15.1 Å². The molecule has 0 atom stereocenters. The summed E-state index contributed by atoms with van der Waals surface area (Å²) < 4.78 is 0. The number of amides is 1. The van der Waals surface area contributed by atoms with E-state index < -0.39 is 0 Å². The van der Waals surface area contributed by atoms with Crippen LogP contribution in [0.5, 0.6) is 0 Å². The van der Waals surface area contributed by atoms with Crippen LogP contribution in [0.1, 0.15) is 19.4 Å². The molecule has 0 saturated carbocycles. The van der Waals surface area contributed by atoms with Crippen molar-refractivity contribution in [2.45, 2.75) is 13.8 Å². The van der Waals surface area contributed by atoms with Crippen molar-refractivity contribution in [1.82, 2.24) is 5.32 Å². The Morgan fingerprint density at radius 1 is 1.13 bits per heavy atom. The Morgan fingerprint density at radius 2 is 1.78 bits per heavy atom. The van der Waals surface area contributed by atoms with Crippen LogP contribution in [-0.4, -0.2) is 51.7 Å². The number of hydrogen-bond donors (Lipinski definition) is 3. The van der Waals surface area contributed by atoms with Gasteiger partial charge in [-0.15, -0.1) is 0 Å². The molecule has 4 nitrogen and oxygen atoms in total. The number of benzene rings is 1. The summed E-state index contributed by atoms with van der Waals surface area (Å²) in [6, 6.07) is 10.4. The van der Waals surface area contributed by atoms with Gasteiger partial charge in [-0.3, -0.25) is 4.79 Å². The standard InChI is InChI=1S/C19H29N3O/c1-17(2)15-20-19(23)16-22-13-11-21(12-14-22)10-6-9-18-7-4-3-5-8-18/h3-9,17H,10-16H2,1-2H3,(H,20,23)/p+2/b9-6+. The molecule has 1 amide bonds. The smallest absolute Gasteiger partial charge is 0.275 e. The maximum absolute atomic E-state index is 11.9. The minimum absolute atomic E-state index is 0.195.